The van der Waals surface area contributed by atoms with Gasteiger partial charge in [0.1, 0.15) is 12.6 Å². The molecular weight excluding hydrogens is 468 g/mol. The van der Waals surface area contributed by atoms with Crippen molar-refractivity contribution in [1.29, 1.82) is 0 Å². The van der Waals surface area contributed by atoms with E-state index in [-0.39, 0.29) is 37.9 Å². The number of thioether (sulfide) groups is 1. The van der Waals surface area contributed by atoms with Crippen LogP contribution in [0.15, 0.2) is 48.5 Å². The second-order valence-corrected chi connectivity index (χ2v) is 9.80. The quantitative estimate of drug-likeness (QED) is 0.546. The normalized spacial score (nSPS) is 19.7. The molecule has 1 fully saturated rings. The SMILES string of the molecule is COC1(C(=O)O)CCN(C(=O)[C@@H](CCSC)NC(=O)OCC2c3ccccc3-c3ccccc32)C1. The summed E-state index contributed by atoms with van der Waals surface area (Å²) in [5.74, 6) is -0.847. The first kappa shape index (κ1) is 25.1. The number of alkyl carbamates (subject to hydrolysis) is 1. The molecule has 186 valence electrons. The fourth-order valence-electron chi connectivity index (χ4n) is 4.89. The number of nitrogens with zero attached hydrogens (tertiary/aromatic N) is 1. The molecule has 9 heteroatoms. The molecule has 2 N–H and O–H groups in total. The van der Waals surface area contributed by atoms with Crippen molar-refractivity contribution in [3.05, 3.63) is 59.7 Å². The molecule has 2 amide bonds. The average molecular weight is 499 g/mol. The lowest BCUT2D eigenvalue weighted by Gasteiger charge is -2.26. The van der Waals surface area contributed by atoms with Gasteiger partial charge in [0.15, 0.2) is 5.60 Å². The first-order valence-electron chi connectivity index (χ1n) is 11.6. The maximum absolute atomic E-state index is 13.2. The van der Waals surface area contributed by atoms with Crippen LogP contribution in [-0.4, -0.2) is 78.4 Å². The number of rotatable bonds is 9. The standard InChI is InChI=1S/C26H30N2O6S/c1-33-26(24(30)31)12-13-28(16-26)23(29)22(11-14-35-2)27-25(32)34-15-21-19-9-5-3-7-17(19)18-8-4-6-10-20(18)21/h3-10,21-22H,11-16H2,1-2H3,(H,27,32)(H,30,31)/t22-,26?/m1/s1. The van der Waals surface area contributed by atoms with Crippen molar-refractivity contribution in [3.63, 3.8) is 0 Å². The highest BCUT2D eigenvalue weighted by molar-refractivity contribution is 7.98. The summed E-state index contributed by atoms with van der Waals surface area (Å²) in [4.78, 5) is 39.1. The largest absolute Gasteiger partial charge is 0.479 e. The molecule has 1 unspecified atom stereocenters. The lowest BCUT2D eigenvalue weighted by atomic mass is 9.98. The Hall–Kier alpha value is -3.04. The summed E-state index contributed by atoms with van der Waals surface area (Å²) in [7, 11) is 1.34. The van der Waals surface area contributed by atoms with E-state index in [1.807, 2.05) is 42.7 Å². The van der Waals surface area contributed by atoms with Crippen LogP contribution < -0.4 is 5.32 Å². The van der Waals surface area contributed by atoms with Crippen LogP contribution in [-0.2, 0) is 19.1 Å². The maximum atomic E-state index is 13.2. The van der Waals surface area contributed by atoms with Crippen molar-refractivity contribution in [2.24, 2.45) is 0 Å². The van der Waals surface area contributed by atoms with Crippen LogP contribution in [0.25, 0.3) is 11.1 Å². The molecule has 2 aromatic carbocycles. The zero-order chi connectivity index (χ0) is 25.0. The predicted molar refractivity (Wildman–Crippen MR) is 134 cm³/mol. The number of aliphatic carboxylic acids is 1. The summed E-state index contributed by atoms with van der Waals surface area (Å²) in [5, 5.41) is 12.3. The molecule has 1 aliphatic carbocycles. The highest BCUT2D eigenvalue weighted by Crippen LogP contribution is 2.44. The number of benzene rings is 2. The number of methoxy groups -OCH3 is 1. The van der Waals surface area contributed by atoms with Gasteiger partial charge in [-0.3, -0.25) is 4.79 Å². The smallest absolute Gasteiger partial charge is 0.407 e. The van der Waals surface area contributed by atoms with Crippen molar-refractivity contribution in [2.45, 2.75) is 30.4 Å². The van der Waals surface area contributed by atoms with Gasteiger partial charge >= 0.3 is 12.1 Å². The van der Waals surface area contributed by atoms with E-state index < -0.39 is 23.7 Å². The van der Waals surface area contributed by atoms with Crippen molar-refractivity contribution in [3.8, 4) is 11.1 Å². The Morgan fingerprint density at radius 3 is 2.31 bits per heavy atom. The second kappa shape index (κ2) is 10.7. The van der Waals surface area contributed by atoms with Gasteiger partial charge in [-0.1, -0.05) is 48.5 Å². The average Bonchev–Trinajstić information content (AvgIpc) is 3.46. The van der Waals surface area contributed by atoms with E-state index in [1.54, 1.807) is 11.8 Å². The number of carboxylic acid groups (broad SMARTS) is 1. The number of ether oxygens (including phenoxy) is 2. The highest BCUT2D eigenvalue weighted by Gasteiger charge is 2.47. The zero-order valence-corrected chi connectivity index (χ0v) is 20.7. The van der Waals surface area contributed by atoms with Crippen molar-refractivity contribution in [1.82, 2.24) is 10.2 Å². The number of carbonyl (C=O) groups excluding carboxylic acids is 2. The Morgan fingerprint density at radius 2 is 1.77 bits per heavy atom. The number of likely N-dealkylation sites (tertiary alicyclic amines) is 1. The number of nitrogens with one attached hydrogen (secondary N) is 1. The maximum Gasteiger partial charge on any atom is 0.407 e. The molecule has 1 saturated heterocycles. The third-order valence-electron chi connectivity index (χ3n) is 6.87. The molecule has 0 saturated carbocycles. The van der Waals surface area contributed by atoms with Crippen LogP contribution >= 0.6 is 11.8 Å². The van der Waals surface area contributed by atoms with Gasteiger partial charge in [0, 0.05) is 26.0 Å². The van der Waals surface area contributed by atoms with Gasteiger partial charge in [0.25, 0.3) is 0 Å². The Kier molecular flexibility index (Phi) is 7.66. The van der Waals surface area contributed by atoms with Crippen LogP contribution in [0.2, 0.25) is 0 Å². The van der Waals surface area contributed by atoms with Gasteiger partial charge in [-0.2, -0.15) is 11.8 Å². The summed E-state index contributed by atoms with van der Waals surface area (Å²) in [6.45, 7) is 0.347. The minimum Gasteiger partial charge on any atom is -0.479 e. The van der Waals surface area contributed by atoms with Crippen LogP contribution in [0.1, 0.15) is 29.9 Å². The Balaban J connectivity index is 1.42. The van der Waals surface area contributed by atoms with Crippen molar-refractivity contribution in [2.75, 3.05) is 38.8 Å². The van der Waals surface area contributed by atoms with Gasteiger partial charge in [-0.05, 0) is 40.7 Å². The van der Waals surface area contributed by atoms with Gasteiger partial charge in [-0.15, -0.1) is 0 Å². The topological polar surface area (TPSA) is 105 Å². The van der Waals surface area contributed by atoms with Crippen LogP contribution in [0, 0.1) is 0 Å². The van der Waals surface area contributed by atoms with Gasteiger partial charge in [0.05, 0.1) is 6.54 Å². The molecule has 8 nitrogen and oxygen atoms in total. The lowest BCUT2D eigenvalue weighted by molar-refractivity contribution is -0.161. The number of fused-ring (bicyclic) bond motifs is 3. The molecule has 2 aromatic rings. The molecule has 2 atom stereocenters. The third kappa shape index (κ3) is 5.01. The van der Waals surface area contributed by atoms with E-state index in [9.17, 15) is 19.5 Å². The van der Waals surface area contributed by atoms with Crippen LogP contribution in [0.3, 0.4) is 0 Å². The monoisotopic (exact) mass is 498 g/mol. The zero-order valence-electron chi connectivity index (χ0n) is 19.9. The van der Waals surface area contributed by atoms with E-state index in [0.29, 0.717) is 12.2 Å². The molecule has 2 aliphatic rings. The summed E-state index contributed by atoms with van der Waals surface area (Å²) < 4.78 is 10.8. The number of amides is 2. The molecule has 1 aliphatic heterocycles. The summed E-state index contributed by atoms with van der Waals surface area (Å²) in [6.07, 6.45) is 1.87. The van der Waals surface area contributed by atoms with E-state index in [4.69, 9.17) is 9.47 Å². The fourth-order valence-corrected chi connectivity index (χ4v) is 5.37. The van der Waals surface area contributed by atoms with Crippen molar-refractivity contribution < 1.29 is 29.0 Å². The van der Waals surface area contributed by atoms with Crippen LogP contribution in [0.4, 0.5) is 4.79 Å². The summed E-state index contributed by atoms with van der Waals surface area (Å²) in [5.41, 5.74) is 3.08. The number of hydrogen-bond donors (Lipinski definition) is 2. The van der Waals surface area contributed by atoms with Gasteiger partial charge in [0.2, 0.25) is 5.91 Å². The lowest BCUT2D eigenvalue weighted by Crippen LogP contribution is -2.51. The molecule has 0 aromatic heterocycles. The van der Waals surface area contributed by atoms with E-state index in [1.165, 1.54) is 12.0 Å². The highest BCUT2D eigenvalue weighted by atomic mass is 32.2. The van der Waals surface area contributed by atoms with Crippen molar-refractivity contribution >= 4 is 29.7 Å². The number of carboxylic acids is 1. The van der Waals surface area contributed by atoms with E-state index in [2.05, 4.69) is 17.4 Å². The first-order valence-corrected chi connectivity index (χ1v) is 13.0. The molecule has 0 radical (unpaired) electrons. The van der Waals surface area contributed by atoms with Gasteiger partial charge < -0.3 is 24.8 Å². The molecular formula is C26H30N2O6S. The molecule has 1 heterocycles. The second-order valence-electron chi connectivity index (χ2n) is 8.82. The fraction of sp³-hybridized carbons (Fsp3) is 0.423. The van der Waals surface area contributed by atoms with Gasteiger partial charge in [-0.25, -0.2) is 9.59 Å². The molecule has 35 heavy (non-hydrogen) atoms. The summed E-state index contributed by atoms with van der Waals surface area (Å²) >= 11 is 1.56. The third-order valence-corrected chi connectivity index (χ3v) is 7.51. The molecule has 0 spiro atoms. The molecule has 4 rings (SSSR count). The van der Waals surface area contributed by atoms with E-state index in [0.717, 1.165) is 22.3 Å². The Labute approximate surface area is 209 Å². The first-order chi connectivity index (χ1) is 16.9. The van der Waals surface area contributed by atoms with Crippen LogP contribution in [0.5, 0.6) is 0 Å². The van der Waals surface area contributed by atoms with E-state index >= 15 is 0 Å². The Morgan fingerprint density at radius 1 is 1.14 bits per heavy atom. The minimum atomic E-state index is -1.41. The number of carbonyl (C=O) groups is 3. The number of hydrogen-bond acceptors (Lipinski definition) is 6. The molecule has 0 bridgehead atoms. The minimum absolute atomic E-state index is 0.0557. The summed E-state index contributed by atoms with van der Waals surface area (Å²) in [6, 6.07) is 15.4. The predicted octanol–water partition coefficient (Wildman–Crippen LogP) is 3.35. The Bertz CT molecular complexity index is 1060.